The van der Waals surface area contributed by atoms with Crippen LogP contribution in [0.3, 0.4) is 0 Å². The molecule has 0 bridgehead atoms. The number of carbonyl (C=O) groups excluding carboxylic acids is 1. The van der Waals surface area contributed by atoms with Gasteiger partial charge in [0, 0.05) is 6.54 Å². The smallest absolute Gasteiger partial charge is 0.259 e. The van der Waals surface area contributed by atoms with Gasteiger partial charge in [-0.15, -0.1) is 0 Å². The van der Waals surface area contributed by atoms with E-state index in [1.807, 2.05) is 12.1 Å². The first-order valence-electron chi connectivity index (χ1n) is 6.51. The first-order chi connectivity index (χ1) is 10.2. The number of hydrogen-bond donors (Lipinski definition) is 2. The zero-order valence-corrected chi connectivity index (χ0v) is 12.1. The fourth-order valence-corrected chi connectivity index (χ4v) is 1.99. The molecule has 0 spiro atoms. The lowest BCUT2D eigenvalue weighted by Gasteiger charge is -2.13. The minimum Gasteiger partial charge on any atom is -0.496 e. The van der Waals surface area contributed by atoms with E-state index in [9.17, 15) is 4.79 Å². The highest BCUT2D eigenvalue weighted by Crippen LogP contribution is 2.27. The number of amides is 1. The summed E-state index contributed by atoms with van der Waals surface area (Å²) in [5, 5.41) is 2.82. The summed E-state index contributed by atoms with van der Waals surface area (Å²) in [6, 6.07) is 12.5. The molecule has 0 aliphatic rings. The van der Waals surface area contributed by atoms with E-state index in [-0.39, 0.29) is 5.91 Å². The third-order valence-corrected chi connectivity index (χ3v) is 3.10. The van der Waals surface area contributed by atoms with E-state index in [4.69, 9.17) is 15.2 Å². The summed E-state index contributed by atoms with van der Waals surface area (Å²) in [5.41, 5.74) is 7.58. The van der Waals surface area contributed by atoms with Crippen molar-refractivity contribution in [3.63, 3.8) is 0 Å². The number of carbonyl (C=O) groups is 1. The Kier molecular flexibility index (Phi) is 4.79. The van der Waals surface area contributed by atoms with Crippen LogP contribution >= 0.6 is 0 Å². The maximum absolute atomic E-state index is 12.3. The van der Waals surface area contributed by atoms with Gasteiger partial charge in [0.1, 0.15) is 11.5 Å². The minimum atomic E-state index is -0.258. The second-order valence-corrected chi connectivity index (χ2v) is 4.39. The molecule has 0 aromatic heterocycles. The first kappa shape index (κ1) is 14.9. The SMILES string of the molecule is COc1cc(CN)ccc1NC(=O)c1ccccc1OC. The van der Waals surface area contributed by atoms with Crippen molar-refractivity contribution in [1.82, 2.24) is 0 Å². The molecule has 0 aliphatic heterocycles. The topological polar surface area (TPSA) is 73.6 Å². The van der Waals surface area contributed by atoms with Gasteiger partial charge in [0.25, 0.3) is 5.91 Å². The van der Waals surface area contributed by atoms with Gasteiger partial charge in [-0.3, -0.25) is 4.79 Å². The Bertz CT molecular complexity index is 641. The normalized spacial score (nSPS) is 10.0. The molecule has 2 aromatic rings. The molecular formula is C16H18N2O3. The van der Waals surface area contributed by atoms with Crippen LogP contribution in [0.15, 0.2) is 42.5 Å². The first-order valence-corrected chi connectivity index (χ1v) is 6.51. The van der Waals surface area contributed by atoms with E-state index in [0.29, 0.717) is 29.3 Å². The summed E-state index contributed by atoms with van der Waals surface area (Å²) in [5.74, 6) is 0.833. The summed E-state index contributed by atoms with van der Waals surface area (Å²) in [4.78, 5) is 12.3. The van der Waals surface area contributed by atoms with Gasteiger partial charge in [0.15, 0.2) is 0 Å². The number of nitrogens with two attached hydrogens (primary N) is 1. The van der Waals surface area contributed by atoms with Crippen molar-refractivity contribution in [2.45, 2.75) is 6.54 Å². The van der Waals surface area contributed by atoms with Crippen LogP contribution in [-0.4, -0.2) is 20.1 Å². The number of benzene rings is 2. The third kappa shape index (κ3) is 3.32. The summed E-state index contributed by atoms with van der Waals surface area (Å²) in [6.45, 7) is 0.414. The molecule has 0 heterocycles. The molecule has 0 aliphatic carbocycles. The quantitative estimate of drug-likeness (QED) is 0.885. The van der Waals surface area contributed by atoms with E-state index >= 15 is 0 Å². The molecule has 3 N–H and O–H groups in total. The molecule has 2 rings (SSSR count). The number of hydrogen-bond acceptors (Lipinski definition) is 4. The highest BCUT2D eigenvalue weighted by atomic mass is 16.5. The Hall–Kier alpha value is -2.53. The van der Waals surface area contributed by atoms with E-state index in [0.717, 1.165) is 5.56 Å². The van der Waals surface area contributed by atoms with E-state index < -0.39 is 0 Å². The monoisotopic (exact) mass is 286 g/mol. The number of anilines is 1. The van der Waals surface area contributed by atoms with E-state index in [1.54, 1.807) is 37.4 Å². The van der Waals surface area contributed by atoms with Crippen LogP contribution < -0.4 is 20.5 Å². The van der Waals surface area contributed by atoms with E-state index in [2.05, 4.69) is 5.32 Å². The maximum Gasteiger partial charge on any atom is 0.259 e. The maximum atomic E-state index is 12.3. The lowest BCUT2D eigenvalue weighted by atomic mass is 10.1. The van der Waals surface area contributed by atoms with Crippen LogP contribution in [0.2, 0.25) is 0 Å². The van der Waals surface area contributed by atoms with Gasteiger partial charge in [0.2, 0.25) is 0 Å². The van der Waals surface area contributed by atoms with Gasteiger partial charge < -0.3 is 20.5 Å². The van der Waals surface area contributed by atoms with Crippen LogP contribution in [0, 0.1) is 0 Å². The Morgan fingerprint density at radius 2 is 1.81 bits per heavy atom. The summed E-state index contributed by atoms with van der Waals surface area (Å²) >= 11 is 0. The van der Waals surface area contributed by atoms with Gasteiger partial charge >= 0.3 is 0 Å². The molecule has 5 nitrogen and oxygen atoms in total. The number of para-hydroxylation sites is 1. The van der Waals surface area contributed by atoms with Gasteiger partial charge in [-0.25, -0.2) is 0 Å². The Labute approximate surface area is 123 Å². The summed E-state index contributed by atoms with van der Waals surface area (Å²) in [7, 11) is 3.08. The lowest BCUT2D eigenvalue weighted by Crippen LogP contribution is -2.14. The van der Waals surface area contributed by atoms with Crippen LogP contribution in [0.25, 0.3) is 0 Å². The van der Waals surface area contributed by atoms with Crippen molar-refractivity contribution in [3.8, 4) is 11.5 Å². The molecule has 110 valence electrons. The Morgan fingerprint density at radius 1 is 1.10 bits per heavy atom. The standard InChI is InChI=1S/C16H18N2O3/c1-20-14-6-4-3-5-12(14)16(19)18-13-8-7-11(10-17)9-15(13)21-2/h3-9H,10,17H2,1-2H3,(H,18,19). The van der Waals surface area contributed by atoms with E-state index in [1.165, 1.54) is 7.11 Å². The molecule has 21 heavy (non-hydrogen) atoms. The zero-order chi connectivity index (χ0) is 15.2. The van der Waals surface area contributed by atoms with Crippen LogP contribution in [0.5, 0.6) is 11.5 Å². The molecule has 0 unspecified atom stereocenters. The molecule has 0 radical (unpaired) electrons. The van der Waals surface area contributed by atoms with Crippen molar-refractivity contribution in [1.29, 1.82) is 0 Å². The molecule has 0 atom stereocenters. The number of nitrogens with one attached hydrogen (secondary N) is 1. The van der Waals surface area contributed by atoms with Crippen LogP contribution in [0.1, 0.15) is 15.9 Å². The number of ether oxygens (including phenoxy) is 2. The van der Waals surface area contributed by atoms with Crippen molar-refractivity contribution in [3.05, 3.63) is 53.6 Å². The lowest BCUT2D eigenvalue weighted by molar-refractivity contribution is 0.102. The molecular weight excluding hydrogens is 268 g/mol. The highest BCUT2D eigenvalue weighted by Gasteiger charge is 2.14. The Morgan fingerprint density at radius 3 is 2.48 bits per heavy atom. The molecule has 2 aromatic carbocycles. The van der Waals surface area contributed by atoms with Crippen molar-refractivity contribution < 1.29 is 14.3 Å². The van der Waals surface area contributed by atoms with Crippen LogP contribution in [0.4, 0.5) is 5.69 Å². The molecule has 0 fully saturated rings. The second-order valence-electron chi connectivity index (χ2n) is 4.39. The molecule has 0 saturated carbocycles. The van der Waals surface area contributed by atoms with Crippen molar-refractivity contribution in [2.24, 2.45) is 5.73 Å². The number of methoxy groups -OCH3 is 2. The largest absolute Gasteiger partial charge is 0.496 e. The summed E-state index contributed by atoms with van der Waals surface area (Å²) < 4.78 is 10.5. The van der Waals surface area contributed by atoms with Gasteiger partial charge in [-0.2, -0.15) is 0 Å². The highest BCUT2D eigenvalue weighted by molar-refractivity contribution is 6.06. The number of rotatable bonds is 5. The fourth-order valence-electron chi connectivity index (χ4n) is 1.99. The fraction of sp³-hybridized carbons (Fsp3) is 0.188. The molecule has 1 amide bonds. The average molecular weight is 286 g/mol. The molecule has 0 saturated heterocycles. The van der Waals surface area contributed by atoms with Crippen molar-refractivity contribution in [2.75, 3.05) is 19.5 Å². The van der Waals surface area contributed by atoms with Gasteiger partial charge in [0.05, 0.1) is 25.5 Å². The third-order valence-electron chi connectivity index (χ3n) is 3.10. The molecule has 5 heteroatoms. The van der Waals surface area contributed by atoms with Gasteiger partial charge in [-0.05, 0) is 29.8 Å². The average Bonchev–Trinajstić information content (AvgIpc) is 2.55. The van der Waals surface area contributed by atoms with Crippen LogP contribution in [-0.2, 0) is 6.54 Å². The minimum absolute atomic E-state index is 0.258. The second kappa shape index (κ2) is 6.76. The zero-order valence-electron chi connectivity index (χ0n) is 12.1. The Balaban J connectivity index is 2.27. The van der Waals surface area contributed by atoms with Gasteiger partial charge in [-0.1, -0.05) is 18.2 Å². The predicted molar refractivity (Wildman–Crippen MR) is 81.8 cm³/mol. The predicted octanol–water partition coefficient (Wildman–Crippen LogP) is 2.41. The van der Waals surface area contributed by atoms with Crippen molar-refractivity contribution >= 4 is 11.6 Å². The summed E-state index contributed by atoms with van der Waals surface area (Å²) in [6.07, 6.45) is 0.